The lowest BCUT2D eigenvalue weighted by atomic mass is 10.0. The zero-order valence-electron chi connectivity index (χ0n) is 27.4. The van der Waals surface area contributed by atoms with Crippen molar-refractivity contribution in [3.05, 3.63) is 98.4 Å². The van der Waals surface area contributed by atoms with Crippen LogP contribution in [0.5, 0.6) is 5.75 Å². The molecule has 1 amide bonds. The largest absolute Gasteiger partial charge is 0.491 e. The number of pyridine rings is 1. The molecule has 1 aromatic heterocycles. The molecule has 10 nitrogen and oxygen atoms in total. The Kier molecular flexibility index (Phi) is 10.2. The normalized spacial score (nSPS) is 19.7. The second kappa shape index (κ2) is 14.3. The lowest BCUT2D eigenvalue weighted by molar-refractivity contribution is 0.00922. The molecule has 0 saturated heterocycles. The van der Waals surface area contributed by atoms with Gasteiger partial charge < -0.3 is 25.0 Å². The van der Waals surface area contributed by atoms with Crippen LogP contribution in [0.2, 0.25) is 0 Å². The molecule has 0 unspecified atom stereocenters. The van der Waals surface area contributed by atoms with E-state index in [-0.39, 0.29) is 41.4 Å². The van der Waals surface area contributed by atoms with Crippen molar-refractivity contribution in [2.24, 2.45) is 5.92 Å². The molecule has 0 radical (unpaired) electrons. The van der Waals surface area contributed by atoms with E-state index in [1.807, 2.05) is 32.0 Å². The molecular weight excluding hydrogens is 582 g/mol. The van der Waals surface area contributed by atoms with Gasteiger partial charge in [-0.3, -0.25) is 24.3 Å². The molecule has 0 saturated carbocycles. The van der Waals surface area contributed by atoms with Crippen molar-refractivity contribution in [3.63, 3.8) is 0 Å². The van der Waals surface area contributed by atoms with Gasteiger partial charge >= 0.3 is 0 Å². The highest BCUT2D eigenvalue weighted by atomic mass is 16.5. The summed E-state index contributed by atoms with van der Waals surface area (Å²) in [6.07, 6.45) is 1.60. The summed E-state index contributed by atoms with van der Waals surface area (Å²) in [4.78, 5) is 46.8. The van der Waals surface area contributed by atoms with E-state index in [4.69, 9.17) is 9.47 Å². The first-order valence-electron chi connectivity index (χ1n) is 15.7. The monoisotopic (exact) mass is 625 g/mol. The van der Waals surface area contributed by atoms with Crippen LogP contribution in [-0.4, -0.2) is 72.7 Å². The third kappa shape index (κ3) is 7.29. The van der Waals surface area contributed by atoms with Gasteiger partial charge in [-0.25, -0.2) is 0 Å². The summed E-state index contributed by atoms with van der Waals surface area (Å²) in [5.74, 6) is 0.335. The van der Waals surface area contributed by atoms with Crippen LogP contribution in [0.15, 0.2) is 76.4 Å². The highest BCUT2D eigenvalue weighted by Gasteiger charge is 2.29. The van der Waals surface area contributed by atoms with Gasteiger partial charge in [0, 0.05) is 63.3 Å². The molecule has 2 heterocycles. The van der Waals surface area contributed by atoms with Crippen molar-refractivity contribution in [1.29, 1.82) is 0 Å². The van der Waals surface area contributed by atoms with Gasteiger partial charge in [-0.1, -0.05) is 37.3 Å². The van der Waals surface area contributed by atoms with Gasteiger partial charge in [0.2, 0.25) is 0 Å². The minimum absolute atomic E-state index is 0.0155. The highest BCUT2D eigenvalue weighted by molar-refractivity contribution is 5.98. The highest BCUT2D eigenvalue weighted by Crippen LogP contribution is 2.29. The van der Waals surface area contributed by atoms with E-state index >= 15 is 0 Å². The van der Waals surface area contributed by atoms with Crippen LogP contribution >= 0.6 is 0 Å². The SMILES string of the molecule is CO[C@H]1CN(C)C(=O)c2cc(Nc3c(NC(C)C)c(=O)c3=O)ccc2OC[C@H](C)N(Cc2ccc(-c3ccccn3)cc2)C[C@@H]1C. The molecular formula is C36H43N5O5. The van der Waals surface area contributed by atoms with E-state index in [9.17, 15) is 14.4 Å². The topological polar surface area (TPSA) is 113 Å². The molecule has 0 fully saturated rings. The summed E-state index contributed by atoms with van der Waals surface area (Å²) >= 11 is 0. The Morgan fingerprint density at radius 1 is 0.978 bits per heavy atom. The lowest BCUT2D eigenvalue weighted by Crippen LogP contribution is -2.46. The number of hydrogen-bond donors (Lipinski definition) is 2. The fraction of sp³-hybridized carbons (Fsp3) is 0.389. The first-order valence-corrected chi connectivity index (χ1v) is 15.7. The maximum Gasteiger partial charge on any atom is 0.257 e. The van der Waals surface area contributed by atoms with Gasteiger partial charge in [0.25, 0.3) is 16.8 Å². The number of carbonyl (C=O) groups is 1. The number of methoxy groups -OCH3 is 1. The van der Waals surface area contributed by atoms with E-state index in [1.165, 1.54) is 5.56 Å². The van der Waals surface area contributed by atoms with Gasteiger partial charge in [0.1, 0.15) is 23.7 Å². The molecule has 3 aromatic carbocycles. The first-order chi connectivity index (χ1) is 22.0. The smallest absolute Gasteiger partial charge is 0.257 e. The number of likely N-dealkylation sites (N-methyl/N-ethyl adjacent to an activating group) is 1. The van der Waals surface area contributed by atoms with Crippen LogP contribution in [0.3, 0.4) is 0 Å². The van der Waals surface area contributed by atoms with Crippen molar-refractivity contribution in [1.82, 2.24) is 14.8 Å². The van der Waals surface area contributed by atoms with Gasteiger partial charge in [-0.05, 0) is 62.6 Å². The summed E-state index contributed by atoms with van der Waals surface area (Å²) in [5, 5.41) is 6.09. The average molecular weight is 626 g/mol. The van der Waals surface area contributed by atoms with Gasteiger partial charge in [0.15, 0.2) is 0 Å². The van der Waals surface area contributed by atoms with E-state index < -0.39 is 10.9 Å². The van der Waals surface area contributed by atoms with E-state index in [1.54, 1.807) is 43.5 Å². The first kappa shape index (κ1) is 32.8. The maximum absolute atomic E-state index is 13.8. The van der Waals surface area contributed by atoms with Crippen LogP contribution in [0, 0.1) is 5.92 Å². The number of aromatic nitrogens is 1. The van der Waals surface area contributed by atoms with E-state index in [2.05, 4.69) is 58.6 Å². The molecule has 0 spiro atoms. The molecule has 5 rings (SSSR count). The fourth-order valence-corrected chi connectivity index (χ4v) is 5.78. The second-order valence-corrected chi connectivity index (χ2v) is 12.5. The number of nitrogens with one attached hydrogen (secondary N) is 2. The zero-order chi connectivity index (χ0) is 33.0. The minimum atomic E-state index is -0.590. The van der Waals surface area contributed by atoms with Gasteiger partial charge in [-0.15, -0.1) is 0 Å². The minimum Gasteiger partial charge on any atom is -0.491 e. The summed E-state index contributed by atoms with van der Waals surface area (Å²) in [6.45, 7) is 10.3. The third-order valence-corrected chi connectivity index (χ3v) is 8.49. The van der Waals surface area contributed by atoms with Crippen LogP contribution in [0.25, 0.3) is 11.3 Å². The zero-order valence-corrected chi connectivity index (χ0v) is 27.4. The number of nitrogens with zero attached hydrogens (tertiary/aromatic N) is 3. The van der Waals surface area contributed by atoms with Crippen molar-refractivity contribution in [3.8, 4) is 17.0 Å². The summed E-state index contributed by atoms with van der Waals surface area (Å²) in [5.41, 5.74) is 3.35. The molecule has 3 atom stereocenters. The number of fused-ring (bicyclic) bond motifs is 1. The molecule has 242 valence electrons. The van der Waals surface area contributed by atoms with Crippen LogP contribution in [-0.2, 0) is 11.3 Å². The third-order valence-electron chi connectivity index (χ3n) is 8.49. The molecule has 4 aromatic rings. The molecule has 0 aliphatic carbocycles. The summed E-state index contributed by atoms with van der Waals surface area (Å²) in [6, 6.07) is 19.5. The second-order valence-electron chi connectivity index (χ2n) is 12.5. The molecule has 10 heteroatoms. The Morgan fingerprint density at radius 2 is 1.72 bits per heavy atom. The number of amides is 1. The summed E-state index contributed by atoms with van der Waals surface area (Å²) in [7, 11) is 3.43. The number of benzene rings is 2. The maximum atomic E-state index is 13.8. The molecule has 1 aliphatic heterocycles. The van der Waals surface area contributed by atoms with E-state index in [0.29, 0.717) is 36.7 Å². The average Bonchev–Trinajstić information content (AvgIpc) is 3.07. The van der Waals surface area contributed by atoms with Crippen molar-refractivity contribution < 1.29 is 14.3 Å². The van der Waals surface area contributed by atoms with Gasteiger partial charge in [0.05, 0.1) is 17.4 Å². The Morgan fingerprint density at radius 3 is 2.39 bits per heavy atom. The van der Waals surface area contributed by atoms with Crippen molar-refractivity contribution in [2.75, 3.05) is 44.5 Å². The Hall–Kier alpha value is -4.54. The fourth-order valence-electron chi connectivity index (χ4n) is 5.78. The molecule has 0 bridgehead atoms. The number of carbonyl (C=O) groups excluding carboxylic acids is 1. The van der Waals surface area contributed by atoms with Crippen LogP contribution < -0.4 is 26.2 Å². The van der Waals surface area contributed by atoms with Crippen LogP contribution in [0.4, 0.5) is 17.1 Å². The lowest BCUT2D eigenvalue weighted by Gasteiger charge is -2.36. The standard InChI is InChI=1S/C36H43N5O5/c1-22(2)38-32-33(35(43)34(32)42)39-27-14-15-30-28(17-27)36(44)40(5)20-31(45-6)23(3)18-41(24(4)21-46-30)19-25-10-12-26(13-11-25)29-9-7-8-16-37-29/h7-17,22-24,31,38-39H,18-21H2,1-6H3/t23-,24-,31-/m0/s1. The number of rotatable bonds is 8. The van der Waals surface area contributed by atoms with Crippen molar-refractivity contribution >= 4 is 23.0 Å². The predicted molar refractivity (Wildman–Crippen MR) is 182 cm³/mol. The number of anilines is 3. The Bertz CT molecular complexity index is 1720. The Balaban J connectivity index is 1.40. The Labute approximate surface area is 270 Å². The van der Waals surface area contributed by atoms with Crippen LogP contribution in [0.1, 0.15) is 43.6 Å². The molecule has 1 aliphatic rings. The molecule has 2 N–H and O–H groups in total. The van der Waals surface area contributed by atoms with Crippen molar-refractivity contribution in [2.45, 2.75) is 52.4 Å². The molecule has 46 heavy (non-hydrogen) atoms. The van der Waals surface area contributed by atoms with Gasteiger partial charge in [-0.2, -0.15) is 0 Å². The number of ether oxygens (including phenoxy) is 2. The van der Waals surface area contributed by atoms with E-state index in [0.717, 1.165) is 17.8 Å². The predicted octanol–water partition coefficient (Wildman–Crippen LogP) is 4.91. The number of hydrogen-bond acceptors (Lipinski definition) is 9. The quantitative estimate of drug-likeness (QED) is 0.264. The summed E-state index contributed by atoms with van der Waals surface area (Å²) < 4.78 is 12.3.